The van der Waals surface area contributed by atoms with Gasteiger partial charge in [0.2, 0.25) is 0 Å². The van der Waals surface area contributed by atoms with Crippen molar-refractivity contribution in [1.82, 2.24) is 0 Å². The molecule has 1 fully saturated rings. The first-order valence-electron chi connectivity index (χ1n) is 6.82. The van der Waals surface area contributed by atoms with Crippen molar-refractivity contribution in [2.75, 3.05) is 7.11 Å². The molecule has 2 rings (SSSR count). The second kappa shape index (κ2) is 4.84. The minimum atomic E-state index is -0.328. The van der Waals surface area contributed by atoms with Crippen LogP contribution in [0.3, 0.4) is 0 Å². The summed E-state index contributed by atoms with van der Waals surface area (Å²) in [6, 6.07) is 6.17. The number of methoxy groups -OCH3 is 1. The zero-order valence-corrected chi connectivity index (χ0v) is 12.7. The Morgan fingerprint density at radius 2 is 1.63 bits per heavy atom. The van der Waals surface area contributed by atoms with E-state index in [1.165, 1.54) is 5.56 Å². The number of aryl methyl sites for hydroxylation is 1. The van der Waals surface area contributed by atoms with Gasteiger partial charge < -0.3 is 14.0 Å². The van der Waals surface area contributed by atoms with Crippen LogP contribution in [-0.2, 0) is 15.7 Å². The fourth-order valence-electron chi connectivity index (χ4n) is 2.12. The van der Waals surface area contributed by atoms with Gasteiger partial charge >= 0.3 is 7.12 Å². The molecule has 1 aromatic rings. The van der Waals surface area contributed by atoms with Crippen molar-refractivity contribution in [3.8, 4) is 5.75 Å². The Labute approximate surface area is 116 Å². The molecule has 0 bridgehead atoms. The van der Waals surface area contributed by atoms with E-state index >= 15 is 0 Å². The lowest BCUT2D eigenvalue weighted by molar-refractivity contribution is 0.00578. The molecule has 0 atom stereocenters. The molecule has 1 aliphatic rings. The Hall–Kier alpha value is -0.995. The van der Waals surface area contributed by atoms with Gasteiger partial charge in [0.05, 0.1) is 18.3 Å². The van der Waals surface area contributed by atoms with Crippen molar-refractivity contribution >= 4 is 12.6 Å². The molecule has 104 valence electrons. The molecular weight excluding hydrogens is 239 g/mol. The molecule has 0 spiro atoms. The van der Waals surface area contributed by atoms with Crippen LogP contribution in [0.1, 0.15) is 40.2 Å². The quantitative estimate of drug-likeness (QED) is 0.783. The zero-order valence-electron chi connectivity index (χ0n) is 12.7. The van der Waals surface area contributed by atoms with E-state index in [0.29, 0.717) is 0 Å². The smallest absolute Gasteiger partial charge is 0.494 e. The Balaban J connectivity index is 2.33. The lowest BCUT2D eigenvalue weighted by atomic mass is 9.78. The lowest BCUT2D eigenvalue weighted by Crippen LogP contribution is -2.41. The third-order valence-electron chi connectivity index (χ3n) is 4.16. The highest BCUT2D eigenvalue weighted by Gasteiger charge is 2.51. The Bertz CT molecular complexity index is 430. The molecule has 19 heavy (non-hydrogen) atoms. The molecule has 1 heterocycles. The predicted octanol–water partition coefficient (Wildman–Crippen LogP) is 2.56. The second-order valence-corrected chi connectivity index (χ2v) is 6.06. The van der Waals surface area contributed by atoms with E-state index in [4.69, 9.17) is 14.0 Å². The van der Waals surface area contributed by atoms with E-state index in [9.17, 15) is 0 Å². The third-order valence-corrected chi connectivity index (χ3v) is 4.16. The first kappa shape index (κ1) is 14.4. The van der Waals surface area contributed by atoms with Gasteiger partial charge in [0.15, 0.2) is 0 Å². The standard InChI is InChI=1S/C15H23BO3/c1-7-11-8-12(10-13(9-11)17-6)16-18-14(2,3)15(4,5)19-16/h8-10H,7H2,1-6H3. The van der Waals surface area contributed by atoms with E-state index in [-0.39, 0.29) is 18.3 Å². The highest BCUT2D eigenvalue weighted by atomic mass is 16.7. The summed E-state index contributed by atoms with van der Waals surface area (Å²) in [6.45, 7) is 10.4. The minimum Gasteiger partial charge on any atom is -0.497 e. The second-order valence-electron chi connectivity index (χ2n) is 6.06. The largest absolute Gasteiger partial charge is 0.497 e. The molecule has 0 aliphatic carbocycles. The zero-order chi connectivity index (χ0) is 14.3. The number of hydrogen-bond donors (Lipinski definition) is 0. The number of rotatable bonds is 3. The van der Waals surface area contributed by atoms with Gasteiger partial charge in [0.1, 0.15) is 5.75 Å². The van der Waals surface area contributed by atoms with Crippen LogP contribution < -0.4 is 10.2 Å². The van der Waals surface area contributed by atoms with Crippen LogP contribution in [0.15, 0.2) is 18.2 Å². The van der Waals surface area contributed by atoms with Gasteiger partial charge in [-0.05, 0) is 57.3 Å². The first-order valence-corrected chi connectivity index (χ1v) is 6.82. The van der Waals surface area contributed by atoms with Gasteiger partial charge in [0, 0.05) is 0 Å². The van der Waals surface area contributed by atoms with Crippen LogP contribution in [0, 0.1) is 0 Å². The maximum atomic E-state index is 6.07. The molecule has 0 radical (unpaired) electrons. The highest BCUT2D eigenvalue weighted by molar-refractivity contribution is 6.62. The van der Waals surface area contributed by atoms with Crippen molar-refractivity contribution in [3.63, 3.8) is 0 Å². The highest BCUT2D eigenvalue weighted by Crippen LogP contribution is 2.36. The average Bonchev–Trinajstić information content (AvgIpc) is 2.58. The van der Waals surface area contributed by atoms with E-state index in [1.807, 2.05) is 6.07 Å². The fourth-order valence-corrected chi connectivity index (χ4v) is 2.12. The van der Waals surface area contributed by atoms with Crippen LogP contribution in [0.2, 0.25) is 0 Å². The van der Waals surface area contributed by atoms with Crippen molar-refractivity contribution in [1.29, 1.82) is 0 Å². The number of ether oxygens (including phenoxy) is 1. The summed E-state index contributed by atoms with van der Waals surface area (Å²) in [6.07, 6.45) is 0.962. The van der Waals surface area contributed by atoms with E-state index in [1.54, 1.807) is 7.11 Å². The monoisotopic (exact) mass is 262 g/mol. The molecule has 1 aromatic carbocycles. The summed E-state index contributed by atoms with van der Waals surface area (Å²) in [7, 11) is 1.35. The van der Waals surface area contributed by atoms with Crippen LogP contribution in [0.4, 0.5) is 0 Å². The summed E-state index contributed by atoms with van der Waals surface area (Å²) < 4.78 is 17.5. The summed E-state index contributed by atoms with van der Waals surface area (Å²) in [4.78, 5) is 0. The van der Waals surface area contributed by atoms with E-state index < -0.39 is 0 Å². The Kier molecular flexibility index (Phi) is 3.67. The van der Waals surface area contributed by atoms with Gasteiger partial charge in [-0.3, -0.25) is 0 Å². The number of benzene rings is 1. The molecule has 4 heteroatoms. The summed E-state index contributed by atoms with van der Waals surface area (Å²) in [5.74, 6) is 0.851. The van der Waals surface area contributed by atoms with Crippen molar-refractivity contribution in [3.05, 3.63) is 23.8 Å². The topological polar surface area (TPSA) is 27.7 Å². The molecule has 0 N–H and O–H groups in total. The van der Waals surface area contributed by atoms with Gasteiger partial charge in [-0.2, -0.15) is 0 Å². The third kappa shape index (κ3) is 2.65. The Morgan fingerprint density at radius 3 is 2.11 bits per heavy atom. The summed E-state index contributed by atoms with van der Waals surface area (Å²) in [5, 5.41) is 0. The molecule has 0 saturated carbocycles. The molecular formula is C15H23BO3. The van der Waals surface area contributed by atoms with Crippen LogP contribution in [0.25, 0.3) is 0 Å². The van der Waals surface area contributed by atoms with Gasteiger partial charge in [-0.25, -0.2) is 0 Å². The lowest BCUT2D eigenvalue weighted by Gasteiger charge is -2.32. The predicted molar refractivity (Wildman–Crippen MR) is 78.1 cm³/mol. The van der Waals surface area contributed by atoms with E-state index in [0.717, 1.165) is 17.6 Å². The molecule has 0 amide bonds. The van der Waals surface area contributed by atoms with E-state index in [2.05, 4.69) is 46.8 Å². The van der Waals surface area contributed by atoms with Gasteiger partial charge in [0.25, 0.3) is 0 Å². The summed E-state index contributed by atoms with van der Waals surface area (Å²) >= 11 is 0. The Morgan fingerprint density at radius 1 is 1.05 bits per heavy atom. The molecule has 0 unspecified atom stereocenters. The molecule has 1 saturated heterocycles. The van der Waals surface area contributed by atoms with Crippen molar-refractivity contribution < 1.29 is 14.0 Å². The van der Waals surface area contributed by atoms with Crippen molar-refractivity contribution in [2.24, 2.45) is 0 Å². The minimum absolute atomic E-state index is 0.312. The normalized spacial score (nSPS) is 20.6. The van der Waals surface area contributed by atoms with Crippen LogP contribution in [0.5, 0.6) is 5.75 Å². The average molecular weight is 262 g/mol. The van der Waals surface area contributed by atoms with Crippen LogP contribution >= 0.6 is 0 Å². The van der Waals surface area contributed by atoms with Crippen molar-refractivity contribution in [2.45, 2.75) is 52.2 Å². The van der Waals surface area contributed by atoms with Crippen LogP contribution in [-0.4, -0.2) is 25.4 Å². The fraction of sp³-hybridized carbons (Fsp3) is 0.600. The SMILES string of the molecule is CCc1cc(OC)cc(B2OC(C)(C)C(C)(C)O2)c1. The molecule has 0 aromatic heterocycles. The van der Waals surface area contributed by atoms with Gasteiger partial charge in [-0.1, -0.05) is 13.0 Å². The number of hydrogen-bond acceptors (Lipinski definition) is 3. The summed E-state index contributed by atoms with van der Waals surface area (Å²) in [5.41, 5.74) is 1.62. The maximum absolute atomic E-state index is 6.07. The molecule has 3 nitrogen and oxygen atoms in total. The van der Waals surface area contributed by atoms with Gasteiger partial charge in [-0.15, -0.1) is 0 Å². The maximum Gasteiger partial charge on any atom is 0.494 e. The first-order chi connectivity index (χ1) is 8.79. The molecule has 1 aliphatic heterocycles.